The van der Waals surface area contributed by atoms with Crippen LogP contribution in [0.5, 0.6) is 0 Å². The molecule has 3 heteroatoms. The number of nitrogens with one attached hydrogen (secondary N) is 1. The smallest absolute Gasteiger partial charge is 0.0674 e. The van der Waals surface area contributed by atoms with Crippen molar-refractivity contribution in [1.29, 1.82) is 0 Å². The molecule has 0 aliphatic carbocycles. The lowest BCUT2D eigenvalue weighted by atomic mass is 10.1. The molecule has 0 aromatic rings. The molecule has 1 N–H and O–H groups in total. The van der Waals surface area contributed by atoms with E-state index in [1.165, 1.54) is 0 Å². The van der Waals surface area contributed by atoms with Gasteiger partial charge in [-0.2, -0.15) is 0 Å². The summed E-state index contributed by atoms with van der Waals surface area (Å²) < 4.78 is 5.61. The number of hydrogen-bond acceptors (Lipinski definition) is 3. The minimum atomic E-state index is 0.385. The maximum Gasteiger partial charge on any atom is 0.0674 e. The summed E-state index contributed by atoms with van der Waals surface area (Å²) in [5.41, 5.74) is 0. The van der Waals surface area contributed by atoms with E-state index in [1.807, 2.05) is 0 Å². The van der Waals surface area contributed by atoms with Crippen molar-refractivity contribution in [2.24, 2.45) is 0 Å². The highest BCUT2D eigenvalue weighted by molar-refractivity contribution is 4.80. The standard InChI is InChI=1S/C11H24N2O/c1-5-12-6-9(2)13-7-11(4)14-8-10(13)3/h9-12H,5-8H2,1-4H3. The van der Waals surface area contributed by atoms with E-state index in [1.54, 1.807) is 0 Å². The van der Waals surface area contributed by atoms with Gasteiger partial charge in [0.05, 0.1) is 12.7 Å². The maximum absolute atomic E-state index is 5.61. The van der Waals surface area contributed by atoms with Gasteiger partial charge in [0.1, 0.15) is 0 Å². The van der Waals surface area contributed by atoms with Crippen LogP contribution in [0.3, 0.4) is 0 Å². The molecular formula is C11H24N2O. The van der Waals surface area contributed by atoms with Crippen LogP contribution in [0.15, 0.2) is 0 Å². The van der Waals surface area contributed by atoms with Crippen LogP contribution in [0.25, 0.3) is 0 Å². The molecule has 1 rings (SSSR count). The Bertz CT molecular complexity index is 163. The lowest BCUT2D eigenvalue weighted by molar-refractivity contribution is -0.0629. The molecule has 0 aromatic heterocycles. The highest BCUT2D eigenvalue weighted by atomic mass is 16.5. The minimum Gasteiger partial charge on any atom is -0.376 e. The van der Waals surface area contributed by atoms with Crippen molar-refractivity contribution in [3.05, 3.63) is 0 Å². The lowest BCUT2D eigenvalue weighted by Gasteiger charge is -2.40. The van der Waals surface area contributed by atoms with Crippen LogP contribution < -0.4 is 5.32 Å². The molecule has 14 heavy (non-hydrogen) atoms. The van der Waals surface area contributed by atoms with Crippen LogP contribution in [0.1, 0.15) is 27.7 Å². The fourth-order valence-electron chi connectivity index (χ4n) is 2.01. The quantitative estimate of drug-likeness (QED) is 0.735. The topological polar surface area (TPSA) is 24.5 Å². The first kappa shape index (κ1) is 12.0. The van der Waals surface area contributed by atoms with Gasteiger partial charge in [0.15, 0.2) is 0 Å². The summed E-state index contributed by atoms with van der Waals surface area (Å²) in [7, 11) is 0. The van der Waals surface area contributed by atoms with Crippen molar-refractivity contribution in [3.8, 4) is 0 Å². The first-order valence-corrected chi connectivity index (χ1v) is 5.73. The zero-order chi connectivity index (χ0) is 10.6. The van der Waals surface area contributed by atoms with Gasteiger partial charge in [0.25, 0.3) is 0 Å². The van der Waals surface area contributed by atoms with Crippen molar-refractivity contribution in [3.63, 3.8) is 0 Å². The third-order valence-corrected chi connectivity index (χ3v) is 2.91. The molecule has 0 radical (unpaired) electrons. The molecule has 1 fully saturated rings. The molecular weight excluding hydrogens is 176 g/mol. The van der Waals surface area contributed by atoms with Crippen LogP contribution in [-0.2, 0) is 4.74 Å². The number of likely N-dealkylation sites (N-methyl/N-ethyl adjacent to an activating group) is 1. The Kier molecular flexibility index (Phi) is 4.85. The summed E-state index contributed by atoms with van der Waals surface area (Å²) in [6.45, 7) is 12.9. The van der Waals surface area contributed by atoms with E-state index >= 15 is 0 Å². The van der Waals surface area contributed by atoms with Crippen molar-refractivity contribution in [1.82, 2.24) is 10.2 Å². The van der Waals surface area contributed by atoms with Crippen LogP contribution >= 0.6 is 0 Å². The van der Waals surface area contributed by atoms with Crippen LogP contribution in [0.2, 0.25) is 0 Å². The SMILES string of the molecule is CCNCC(C)N1CC(C)OCC1C. The molecule has 0 bridgehead atoms. The second kappa shape index (κ2) is 5.69. The van der Waals surface area contributed by atoms with Gasteiger partial charge >= 0.3 is 0 Å². The van der Waals surface area contributed by atoms with Gasteiger partial charge in [-0.25, -0.2) is 0 Å². The summed E-state index contributed by atoms with van der Waals surface area (Å²) >= 11 is 0. The average molecular weight is 200 g/mol. The van der Waals surface area contributed by atoms with E-state index in [9.17, 15) is 0 Å². The molecule has 3 atom stereocenters. The van der Waals surface area contributed by atoms with Gasteiger partial charge in [-0.3, -0.25) is 4.90 Å². The number of rotatable bonds is 4. The summed E-state index contributed by atoms with van der Waals surface area (Å²) in [5, 5.41) is 3.40. The van der Waals surface area contributed by atoms with Crippen LogP contribution in [-0.4, -0.2) is 49.3 Å². The Balaban J connectivity index is 2.38. The second-order valence-electron chi connectivity index (χ2n) is 4.35. The molecule has 0 saturated carbocycles. The van der Waals surface area contributed by atoms with Crippen molar-refractivity contribution < 1.29 is 4.74 Å². The normalized spacial score (nSPS) is 31.7. The third kappa shape index (κ3) is 3.23. The molecule has 1 aliphatic heterocycles. The molecule has 0 spiro atoms. The van der Waals surface area contributed by atoms with Crippen molar-refractivity contribution >= 4 is 0 Å². The Morgan fingerprint density at radius 2 is 2.21 bits per heavy atom. The van der Waals surface area contributed by atoms with Gasteiger partial charge in [0, 0.05) is 25.2 Å². The van der Waals surface area contributed by atoms with Crippen molar-refractivity contribution in [2.45, 2.75) is 45.9 Å². The van der Waals surface area contributed by atoms with E-state index in [2.05, 4.69) is 37.9 Å². The van der Waals surface area contributed by atoms with E-state index in [-0.39, 0.29) is 0 Å². The molecule has 3 unspecified atom stereocenters. The Morgan fingerprint density at radius 3 is 2.86 bits per heavy atom. The zero-order valence-corrected chi connectivity index (χ0v) is 9.92. The molecule has 0 amide bonds. The first-order chi connectivity index (χ1) is 6.65. The van der Waals surface area contributed by atoms with E-state index in [0.717, 1.165) is 26.2 Å². The van der Waals surface area contributed by atoms with Crippen molar-refractivity contribution in [2.75, 3.05) is 26.2 Å². The number of morpholine rings is 1. The predicted octanol–water partition coefficient (Wildman–Crippen LogP) is 1.09. The molecule has 84 valence electrons. The number of hydrogen-bond donors (Lipinski definition) is 1. The Hall–Kier alpha value is -0.120. The van der Waals surface area contributed by atoms with Crippen LogP contribution in [0, 0.1) is 0 Å². The largest absolute Gasteiger partial charge is 0.376 e. The average Bonchev–Trinajstić information content (AvgIpc) is 2.18. The number of ether oxygens (including phenoxy) is 1. The molecule has 3 nitrogen and oxygen atoms in total. The van der Waals surface area contributed by atoms with Gasteiger partial charge in [-0.1, -0.05) is 6.92 Å². The summed E-state index contributed by atoms with van der Waals surface area (Å²) in [6.07, 6.45) is 0.385. The third-order valence-electron chi connectivity index (χ3n) is 2.91. The highest BCUT2D eigenvalue weighted by Crippen LogP contribution is 2.14. The van der Waals surface area contributed by atoms with E-state index < -0.39 is 0 Å². The maximum atomic E-state index is 5.61. The zero-order valence-electron chi connectivity index (χ0n) is 9.92. The van der Waals surface area contributed by atoms with E-state index in [4.69, 9.17) is 4.74 Å². The summed E-state index contributed by atoms with van der Waals surface area (Å²) in [4.78, 5) is 2.54. The fourth-order valence-corrected chi connectivity index (χ4v) is 2.01. The first-order valence-electron chi connectivity index (χ1n) is 5.73. The molecule has 1 heterocycles. The monoisotopic (exact) mass is 200 g/mol. The Labute approximate surface area is 87.8 Å². The summed E-state index contributed by atoms with van der Waals surface area (Å²) in [6, 6.07) is 1.16. The molecule has 1 aliphatic rings. The lowest BCUT2D eigenvalue weighted by Crippen LogP contribution is -2.53. The van der Waals surface area contributed by atoms with Gasteiger partial charge in [-0.15, -0.1) is 0 Å². The van der Waals surface area contributed by atoms with E-state index in [0.29, 0.717) is 18.2 Å². The van der Waals surface area contributed by atoms with Crippen LogP contribution in [0.4, 0.5) is 0 Å². The Morgan fingerprint density at radius 1 is 1.50 bits per heavy atom. The second-order valence-corrected chi connectivity index (χ2v) is 4.35. The number of nitrogens with zero attached hydrogens (tertiary/aromatic N) is 1. The molecule has 1 saturated heterocycles. The fraction of sp³-hybridized carbons (Fsp3) is 1.00. The van der Waals surface area contributed by atoms with Gasteiger partial charge in [0.2, 0.25) is 0 Å². The highest BCUT2D eigenvalue weighted by Gasteiger charge is 2.26. The summed E-state index contributed by atoms with van der Waals surface area (Å²) in [5.74, 6) is 0. The predicted molar refractivity (Wildman–Crippen MR) is 59.6 cm³/mol. The van der Waals surface area contributed by atoms with Gasteiger partial charge < -0.3 is 10.1 Å². The minimum absolute atomic E-state index is 0.385. The van der Waals surface area contributed by atoms with Gasteiger partial charge in [-0.05, 0) is 27.3 Å². The molecule has 0 aromatic carbocycles.